The number of pyridine rings is 1. The molecule has 0 spiro atoms. The average Bonchev–Trinajstić information content (AvgIpc) is 2.75. The Bertz CT molecular complexity index is 706. The molecule has 2 heterocycles. The van der Waals surface area contributed by atoms with E-state index < -0.39 is 17.8 Å². The van der Waals surface area contributed by atoms with Gasteiger partial charge in [-0.25, -0.2) is 4.79 Å². The first-order valence-corrected chi connectivity index (χ1v) is 6.95. The molecule has 0 N–H and O–H groups in total. The lowest BCUT2D eigenvalue weighted by Gasteiger charge is -2.07. The molecule has 0 fully saturated rings. The minimum absolute atomic E-state index is 0.212. The van der Waals surface area contributed by atoms with Crippen LogP contribution < -0.4 is 0 Å². The third-order valence-electron chi connectivity index (χ3n) is 3.38. The van der Waals surface area contributed by atoms with E-state index in [2.05, 4.69) is 10.1 Å². The minimum Gasteiger partial charge on any atom is -0.461 e. The highest BCUT2D eigenvalue weighted by molar-refractivity contribution is 5.89. The Morgan fingerprint density at radius 1 is 1.35 bits per heavy atom. The van der Waals surface area contributed by atoms with Crippen molar-refractivity contribution in [1.82, 2.24) is 14.8 Å². The van der Waals surface area contributed by atoms with Gasteiger partial charge in [0.2, 0.25) is 0 Å². The first kappa shape index (κ1) is 17.0. The zero-order chi connectivity index (χ0) is 17.2. The molecule has 0 aliphatic carbocycles. The Kier molecular flexibility index (Phi) is 4.72. The number of aromatic nitrogens is 3. The summed E-state index contributed by atoms with van der Waals surface area (Å²) in [4.78, 5) is 15.2. The van der Waals surface area contributed by atoms with E-state index in [1.807, 2.05) is 0 Å². The van der Waals surface area contributed by atoms with E-state index in [0.717, 1.165) is 11.8 Å². The van der Waals surface area contributed by atoms with Gasteiger partial charge in [-0.2, -0.15) is 18.3 Å². The second kappa shape index (κ2) is 6.39. The van der Waals surface area contributed by atoms with Gasteiger partial charge in [0.05, 0.1) is 6.61 Å². The average molecular weight is 327 g/mol. The van der Waals surface area contributed by atoms with Crippen molar-refractivity contribution in [3.8, 4) is 0 Å². The number of nitrogens with zero attached hydrogens (tertiary/aromatic N) is 3. The summed E-state index contributed by atoms with van der Waals surface area (Å²) < 4.78 is 44.0. The third kappa shape index (κ3) is 3.69. The van der Waals surface area contributed by atoms with Crippen molar-refractivity contribution in [3.63, 3.8) is 0 Å². The van der Waals surface area contributed by atoms with Crippen LogP contribution in [0, 0.1) is 6.92 Å². The lowest BCUT2D eigenvalue weighted by atomic mass is 10.1. The van der Waals surface area contributed by atoms with Gasteiger partial charge in [-0.05, 0) is 25.5 Å². The SMILES string of the molecule is CCOC(=O)c1nn(C)c(Cc2ccc(C(F)(F)F)nc2)c1C. The second-order valence-electron chi connectivity index (χ2n) is 4.99. The maximum Gasteiger partial charge on any atom is 0.433 e. The molecule has 0 aliphatic rings. The topological polar surface area (TPSA) is 57.0 Å². The van der Waals surface area contributed by atoms with Crippen LogP contribution in [0.2, 0.25) is 0 Å². The lowest BCUT2D eigenvalue weighted by molar-refractivity contribution is -0.141. The van der Waals surface area contributed by atoms with Gasteiger partial charge in [0, 0.05) is 30.9 Å². The molecule has 2 aromatic rings. The summed E-state index contributed by atoms with van der Waals surface area (Å²) >= 11 is 0. The van der Waals surface area contributed by atoms with E-state index >= 15 is 0 Å². The predicted molar refractivity (Wildman–Crippen MR) is 75.9 cm³/mol. The smallest absolute Gasteiger partial charge is 0.433 e. The highest BCUT2D eigenvalue weighted by Gasteiger charge is 2.32. The predicted octanol–water partition coefficient (Wildman–Crippen LogP) is 2.91. The van der Waals surface area contributed by atoms with E-state index in [0.29, 0.717) is 17.5 Å². The summed E-state index contributed by atoms with van der Waals surface area (Å²) in [7, 11) is 1.67. The van der Waals surface area contributed by atoms with Gasteiger partial charge in [0.25, 0.3) is 0 Å². The molecule has 0 saturated carbocycles. The molecule has 5 nitrogen and oxygen atoms in total. The summed E-state index contributed by atoms with van der Waals surface area (Å²) in [6.07, 6.45) is -2.96. The molecule has 0 aromatic carbocycles. The van der Waals surface area contributed by atoms with Crippen LogP contribution in [0.25, 0.3) is 0 Å². The van der Waals surface area contributed by atoms with Gasteiger partial charge < -0.3 is 4.74 Å². The third-order valence-corrected chi connectivity index (χ3v) is 3.38. The van der Waals surface area contributed by atoms with Gasteiger partial charge in [-0.3, -0.25) is 9.67 Å². The first-order valence-electron chi connectivity index (χ1n) is 6.95. The van der Waals surface area contributed by atoms with Crippen molar-refractivity contribution in [2.75, 3.05) is 6.61 Å². The van der Waals surface area contributed by atoms with Crippen molar-refractivity contribution >= 4 is 5.97 Å². The number of aryl methyl sites for hydroxylation is 1. The van der Waals surface area contributed by atoms with Crippen molar-refractivity contribution in [1.29, 1.82) is 0 Å². The first-order chi connectivity index (χ1) is 10.7. The molecule has 8 heteroatoms. The number of carbonyl (C=O) groups excluding carboxylic acids is 1. The van der Waals surface area contributed by atoms with Crippen LogP contribution in [0.3, 0.4) is 0 Å². The van der Waals surface area contributed by atoms with Gasteiger partial charge in [0.15, 0.2) is 5.69 Å². The second-order valence-corrected chi connectivity index (χ2v) is 4.99. The van der Waals surface area contributed by atoms with Crippen molar-refractivity contribution in [2.24, 2.45) is 7.05 Å². The van der Waals surface area contributed by atoms with Gasteiger partial charge >= 0.3 is 12.1 Å². The van der Waals surface area contributed by atoms with Crippen LogP contribution in [-0.4, -0.2) is 27.3 Å². The van der Waals surface area contributed by atoms with Gasteiger partial charge in [-0.1, -0.05) is 6.07 Å². The van der Waals surface area contributed by atoms with Crippen LogP contribution in [0.4, 0.5) is 13.2 Å². The Labute approximate surface area is 131 Å². The monoisotopic (exact) mass is 327 g/mol. The number of hydrogen-bond donors (Lipinski definition) is 0. The van der Waals surface area contributed by atoms with Crippen molar-refractivity contribution < 1.29 is 22.7 Å². The molecule has 0 aliphatic heterocycles. The van der Waals surface area contributed by atoms with Crippen LogP contribution in [0.5, 0.6) is 0 Å². The molecule has 0 unspecified atom stereocenters. The highest BCUT2D eigenvalue weighted by Crippen LogP contribution is 2.27. The van der Waals surface area contributed by atoms with Crippen LogP contribution in [0.1, 0.15) is 39.9 Å². The fourth-order valence-electron chi connectivity index (χ4n) is 2.20. The van der Waals surface area contributed by atoms with E-state index in [1.54, 1.807) is 20.9 Å². The minimum atomic E-state index is -4.46. The molecule has 0 atom stereocenters. The van der Waals surface area contributed by atoms with E-state index in [-0.39, 0.29) is 12.3 Å². The number of hydrogen-bond acceptors (Lipinski definition) is 4. The summed E-state index contributed by atoms with van der Waals surface area (Å²) in [6.45, 7) is 3.67. The van der Waals surface area contributed by atoms with E-state index in [1.165, 1.54) is 16.9 Å². The number of rotatable bonds is 4. The fourth-order valence-corrected chi connectivity index (χ4v) is 2.20. The maximum atomic E-state index is 12.5. The number of ether oxygens (including phenoxy) is 1. The largest absolute Gasteiger partial charge is 0.461 e. The van der Waals surface area contributed by atoms with E-state index in [9.17, 15) is 18.0 Å². The molecule has 0 saturated heterocycles. The summed E-state index contributed by atoms with van der Waals surface area (Å²) in [5, 5.41) is 4.12. The highest BCUT2D eigenvalue weighted by atomic mass is 19.4. The van der Waals surface area contributed by atoms with Crippen LogP contribution in [0.15, 0.2) is 18.3 Å². The standard InChI is InChI=1S/C15H16F3N3O2/c1-4-23-14(22)13-9(2)11(21(3)20-13)7-10-5-6-12(19-8-10)15(16,17)18/h5-6,8H,4,7H2,1-3H3. The zero-order valence-corrected chi connectivity index (χ0v) is 12.9. The zero-order valence-electron chi connectivity index (χ0n) is 12.9. The Balaban J connectivity index is 2.25. The Hall–Kier alpha value is -2.38. The molecule has 0 radical (unpaired) electrons. The molecule has 124 valence electrons. The van der Waals surface area contributed by atoms with Gasteiger partial charge in [-0.15, -0.1) is 0 Å². The molecule has 0 bridgehead atoms. The van der Waals surface area contributed by atoms with Crippen molar-refractivity contribution in [3.05, 3.63) is 46.5 Å². The number of esters is 1. The Morgan fingerprint density at radius 3 is 2.57 bits per heavy atom. The molecular weight excluding hydrogens is 311 g/mol. The number of carbonyl (C=O) groups is 1. The molecule has 2 aromatic heterocycles. The normalized spacial score (nSPS) is 11.6. The molecular formula is C15H16F3N3O2. The quantitative estimate of drug-likeness (QED) is 0.810. The molecule has 0 amide bonds. The summed E-state index contributed by atoms with van der Waals surface area (Å²) in [5.74, 6) is -0.516. The van der Waals surface area contributed by atoms with Crippen LogP contribution >= 0.6 is 0 Å². The number of alkyl halides is 3. The summed E-state index contributed by atoms with van der Waals surface area (Å²) in [5.41, 5.74) is 1.24. The fraction of sp³-hybridized carbons (Fsp3) is 0.400. The lowest BCUT2D eigenvalue weighted by Crippen LogP contribution is -2.08. The van der Waals surface area contributed by atoms with Crippen molar-refractivity contribution in [2.45, 2.75) is 26.4 Å². The Morgan fingerprint density at radius 2 is 2.04 bits per heavy atom. The van der Waals surface area contributed by atoms with E-state index in [4.69, 9.17) is 4.74 Å². The molecule has 23 heavy (non-hydrogen) atoms. The van der Waals surface area contributed by atoms with Crippen LogP contribution in [-0.2, 0) is 24.4 Å². The molecule has 2 rings (SSSR count). The summed E-state index contributed by atoms with van der Waals surface area (Å²) in [6, 6.07) is 2.31. The maximum absolute atomic E-state index is 12.5. The van der Waals surface area contributed by atoms with Gasteiger partial charge in [0.1, 0.15) is 5.69 Å². The number of halogens is 3.